The van der Waals surface area contributed by atoms with Gasteiger partial charge >= 0.3 is 6.09 Å². The molecule has 0 atom stereocenters. The summed E-state index contributed by atoms with van der Waals surface area (Å²) in [5.41, 5.74) is 0.540. The van der Waals surface area contributed by atoms with Crippen molar-refractivity contribution in [1.82, 2.24) is 4.90 Å². The van der Waals surface area contributed by atoms with E-state index >= 15 is 0 Å². The number of ether oxygens (including phenoxy) is 3. The maximum absolute atomic E-state index is 12.8. The van der Waals surface area contributed by atoms with Gasteiger partial charge in [0.25, 0.3) is 5.69 Å². The third-order valence-electron chi connectivity index (χ3n) is 4.43. The number of methoxy groups -OCH3 is 2. The van der Waals surface area contributed by atoms with Crippen LogP contribution in [0.25, 0.3) is 0 Å². The molecule has 0 saturated heterocycles. The summed E-state index contributed by atoms with van der Waals surface area (Å²) in [6.45, 7) is 5.61. The second-order valence-corrected chi connectivity index (χ2v) is 7.90. The van der Waals surface area contributed by atoms with Gasteiger partial charge in [0.1, 0.15) is 22.8 Å². The van der Waals surface area contributed by atoms with Gasteiger partial charge in [-0.25, -0.2) is 4.79 Å². The van der Waals surface area contributed by atoms with Crippen LogP contribution in [0.3, 0.4) is 0 Å². The fourth-order valence-corrected chi connectivity index (χ4v) is 2.87. The standard InChI is InChI=1S/C22H28N2O7/c1-22(2,3)31-21(26)23(11-10-15-6-8-16(9-7-15)24(27)28)14-18-19(25)12-17(29-4)13-20(18)30-5/h6-9,12-13,25H,10-11,14H2,1-5H3. The molecule has 2 aromatic carbocycles. The number of nitrogens with zero attached hydrogens (tertiary/aromatic N) is 2. The Hall–Kier alpha value is -3.49. The number of hydrogen-bond acceptors (Lipinski definition) is 7. The first-order valence-electron chi connectivity index (χ1n) is 9.69. The molecule has 0 heterocycles. The quantitative estimate of drug-likeness (QED) is 0.489. The lowest BCUT2D eigenvalue weighted by molar-refractivity contribution is -0.384. The summed E-state index contributed by atoms with van der Waals surface area (Å²) in [6, 6.07) is 9.21. The molecule has 9 heteroatoms. The van der Waals surface area contributed by atoms with Crippen molar-refractivity contribution in [3.8, 4) is 17.2 Å². The number of phenolic OH excluding ortho intramolecular Hbond substituents is 1. The number of aromatic hydroxyl groups is 1. The van der Waals surface area contributed by atoms with Crippen molar-refractivity contribution >= 4 is 11.8 Å². The van der Waals surface area contributed by atoms with Gasteiger partial charge in [0.15, 0.2) is 0 Å². The van der Waals surface area contributed by atoms with Crippen LogP contribution in [0.1, 0.15) is 31.9 Å². The van der Waals surface area contributed by atoms with Crippen molar-refractivity contribution in [2.24, 2.45) is 0 Å². The fraction of sp³-hybridized carbons (Fsp3) is 0.409. The predicted octanol–water partition coefficient (Wildman–Crippen LogP) is 4.30. The molecule has 0 fully saturated rings. The first kappa shape index (κ1) is 23.8. The second kappa shape index (κ2) is 10.0. The lowest BCUT2D eigenvalue weighted by Crippen LogP contribution is -2.37. The Morgan fingerprint density at radius 1 is 1.13 bits per heavy atom. The molecule has 0 unspecified atom stereocenters. The Balaban J connectivity index is 2.27. The second-order valence-electron chi connectivity index (χ2n) is 7.90. The van der Waals surface area contributed by atoms with Gasteiger partial charge in [-0.3, -0.25) is 10.1 Å². The maximum Gasteiger partial charge on any atom is 0.410 e. The number of hydrogen-bond donors (Lipinski definition) is 1. The normalized spacial score (nSPS) is 11.0. The molecule has 31 heavy (non-hydrogen) atoms. The van der Waals surface area contributed by atoms with Gasteiger partial charge in [0.05, 0.1) is 31.3 Å². The van der Waals surface area contributed by atoms with E-state index in [-0.39, 0.29) is 24.5 Å². The topological polar surface area (TPSA) is 111 Å². The van der Waals surface area contributed by atoms with E-state index < -0.39 is 16.6 Å². The summed E-state index contributed by atoms with van der Waals surface area (Å²) >= 11 is 0. The number of carbonyl (C=O) groups excluding carboxylic acids is 1. The van der Waals surface area contributed by atoms with Crippen molar-refractivity contribution in [3.05, 3.63) is 57.6 Å². The van der Waals surface area contributed by atoms with E-state index in [2.05, 4.69) is 0 Å². The summed E-state index contributed by atoms with van der Waals surface area (Å²) in [5.74, 6) is 0.730. The number of non-ortho nitro benzene ring substituents is 1. The monoisotopic (exact) mass is 432 g/mol. The van der Waals surface area contributed by atoms with Gasteiger partial charge in [-0.1, -0.05) is 12.1 Å². The van der Waals surface area contributed by atoms with E-state index in [0.717, 1.165) is 5.56 Å². The summed E-state index contributed by atoms with van der Waals surface area (Å²) in [6.07, 6.45) is -0.108. The molecule has 1 N–H and O–H groups in total. The third kappa shape index (κ3) is 6.77. The van der Waals surface area contributed by atoms with Gasteiger partial charge < -0.3 is 24.2 Å². The number of phenols is 1. The molecule has 2 aromatic rings. The van der Waals surface area contributed by atoms with E-state index in [1.54, 1.807) is 39.0 Å². The predicted molar refractivity (Wildman–Crippen MR) is 115 cm³/mol. The van der Waals surface area contributed by atoms with Crippen LogP contribution < -0.4 is 9.47 Å². The van der Waals surface area contributed by atoms with Crippen LogP contribution in [-0.2, 0) is 17.7 Å². The molecule has 0 saturated carbocycles. The van der Waals surface area contributed by atoms with Crippen molar-refractivity contribution in [2.75, 3.05) is 20.8 Å². The van der Waals surface area contributed by atoms with E-state index in [0.29, 0.717) is 23.5 Å². The minimum Gasteiger partial charge on any atom is -0.507 e. The first-order valence-corrected chi connectivity index (χ1v) is 9.69. The van der Waals surface area contributed by atoms with Crippen LogP contribution in [0.2, 0.25) is 0 Å². The highest BCUT2D eigenvalue weighted by atomic mass is 16.6. The zero-order valence-electron chi connectivity index (χ0n) is 18.4. The number of rotatable bonds is 8. The van der Waals surface area contributed by atoms with Gasteiger partial charge in [-0.15, -0.1) is 0 Å². The number of benzene rings is 2. The molecule has 0 spiro atoms. The van der Waals surface area contributed by atoms with Crippen LogP contribution in [0.5, 0.6) is 17.2 Å². The van der Waals surface area contributed by atoms with Crippen molar-refractivity contribution in [3.63, 3.8) is 0 Å². The average molecular weight is 432 g/mol. The first-order chi connectivity index (χ1) is 14.5. The Kier molecular flexibility index (Phi) is 7.68. The lowest BCUT2D eigenvalue weighted by Gasteiger charge is -2.28. The molecule has 0 radical (unpaired) electrons. The van der Waals surface area contributed by atoms with Gasteiger partial charge in [-0.05, 0) is 32.8 Å². The van der Waals surface area contributed by atoms with Gasteiger partial charge in [-0.2, -0.15) is 0 Å². The summed E-state index contributed by atoms with van der Waals surface area (Å²) in [4.78, 5) is 24.7. The molecule has 0 aromatic heterocycles. The number of carbonyl (C=O) groups is 1. The minimum atomic E-state index is -0.700. The molecule has 0 aliphatic heterocycles. The average Bonchev–Trinajstić information content (AvgIpc) is 2.70. The zero-order valence-corrected chi connectivity index (χ0v) is 18.4. The lowest BCUT2D eigenvalue weighted by atomic mass is 10.1. The molecule has 0 bridgehead atoms. The highest BCUT2D eigenvalue weighted by Crippen LogP contribution is 2.34. The van der Waals surface area contributed by atoms with E-state index in [1.165, 1.54) is 37.3 Å². The smallest absolute Gasteiger partial charge is 0.410 e. The molecule has 0 aliphatic carbocycles. The van der Waals surface area contributed by atoms with E-state index in [9.17, 15) is 20.0 Å². The number of amides is 1. The maximum atomic E-state index is 12.8. The summed E-state index contributed by atoms with van der Waals surface area (Å²) < 4.78 is 16.0. The van der Waals surface area contributed by atoms with Crippen molar-refractivity contribution < 1.29 is 29.0 Å². The summed E-state index contributed by atoms with van der Waals surface area (Å²) in [5, 5.41) is 21.3. The van der Waals surface area contributed by atoms with E-state index in [4.69, 9.17) is 14.2 Å². The fourth-order valence-electron chi connectivity index (χ4n) is 2.87. The van der Waals surface area contributed by atoms with Gasteiger partial charge in [0.2, 0.25) is 0 Å². The Morgan fingerprint density at radius 3 is 2.29 bits per heavy atom. The largest absolute Gasteiger partial charge is 0.507 e. The molecule has 168 valence electrons. The van der Waals surface area contributed by atoms with Gasteiger partial charge in [0, 0.05) is 30.8 Å². The Bertz CT molecular complexity index is 921. The van der Waals surface area contributed by atoms with Crippen molar-refractivity contribution in [2.45, 2.75) is 39.3 Å². The van der Waals surface area contributed by atoms with Crippen LogP contribution in [0.15, 0.2) is 36.4 Å². The molecular weight excluding hydrogens is 404 g/mol. The van der Waals surface area contributed by atoms with Crippen LogP contribution >= 0.6 is 0 Å². The molecule has 1 amide bonds. The molecule has 2 rings (SSSR count). The highest BCUT2D eigenvalue weighted by Gasteiger charge is 2.25. The zero-order chi connectivity index (χ0) is 23.2. The molecule has 0 aliphatic rings. The van der Waals surface area contributed by atoms with Crippen LogP contribution in [-0.4, -0.2) is 47.4 Å². The Labute approximate surface area is 181 Å². The SMILES string of the molecule is COc1cc(O)c(CN(CCc2ccc([N+](=O)[O-])cc2)C(=O)OC(C)(C)C)c(OC)c1. The number of nitro benzene ring substituents is 1. The van der Waals surface area contributed by atoms with Crippen LogP contribution in [0.4, 0.5) is 10.5 Å². The highest BCUT2D eigenvalue weighted by molar-refractivity contribution is 5.68. The molecule has 9 nitrogen and oxygen atoms in total. The Morgan fingerprint density at radius 2 is 1.77 bits per heavy atom. The van der Waals surface area contributed by atoms with Crippen LogP contribution in [0, 0.1) is 10.1 Å². The summed E-state index contributed by atoms with van der Waals surface area (Å²) in [7, 11) is 2.94. The number of nitro groups is 1. The third-order valence-corrected chi connectivity index (χ3v) is 4.43. The van der Waals surface area contributed by atoms with Crippen molar-refractivity contribution in [1.29, 1.82) is 0 Å². The van der Waals surface area contributed by atoms with E-state index in [1.807, 2.05) is 0 Å². The molecular formula is C22H28N2O7. The minimum absolute atomic E-state index is 0.000593.